The molecule has 1 heterocycles. The second kappa shape index (κ2) is 6.38. The maximum Gasteiger partial charge on any atom is 0.233 e. The summed E-state index contributed by atoms with van der Waals surface area (Å²) >= 11 is 0. The standard InChI is InChI=1S/C15H21N3O/c1-3-16-10-15(19)17-9-8-12-11(2)18-14-7-5-4-6-13(12)14/h4-7,16,18H,3,8-10H2,1-2H3,(H,17,19). The maximum absolute atomic E-state index is 11.5. The van der Waals surface area contributed by atoms with Gasteiger partial charge in [-0.3, -0.25) is 4.79 Å². The predicted molar refractivity (Wildman–Crippen MR) is 78.3 cm³/mol. The largest absolute Gasteiger partial charge is 0.358 e. The minimum absolute atomic E-state index is 0.0549. The van der Waals surface area contributed by atoms with Crippen LogP contribution in [0, 0.1) is 6.92 Å². The van der Waals surface area contributed by atoms with Crippen molar-refractivity contribution in [2.75, 3.05) is 19.6 Å². The number of aromatic amines is 1. The molecule has 0 saturated heterocycles. The van der Waals surface area contributed by atoms with Gasteiger partial charge < -0.3 is 15.6 Å². The first-order chi connectivity index (χ1) is 9.22. The SMILES string of the molecule is CCNCC(=O)NCCc1c(C)[nH]c2ccccc12. The van der Waals surface area contributed by atoms with E-state index in [4.69, 9.17) is 0 Å². The summed E-state index contributed by atoms with van der Waals surface area (Å²) in [6.07, 6.45) is 0.855. The first kappa shape index (κ1) is 13.6. The van der Waals surface area contributed by atoms with Crippen LogP contribution >= 0.6 is 0 Å². The number of carbonyl (C=O) groups excluding carboxylic acids is 1. The van der Waals surface area contributed by atoms with E-state index in [2.05, 4.69) is 34.7 Å². The van der Waals surface area contributed by atoms with Crippen LogP contribution in [0.2, 0.25) is 0 Å². The highest BCUT2D eigenvalue weighted by molar-refractivity contribution is 5.84. The van der Waals surface area contributed by atoms with Gasteiger partial charge in [0.05, 0.1) is 6.54 Å². The normalized spacial score (nSPS) is 10.8. The quantitative estimate of drug-likeness (QED) is 0.740. The highest BCUT2D eigenvalue weighted by atomic mass is 16.1. The van der Waals surface area contributed by atoms with Gasteiger partial charge in [-0.1, -0.05) is 25.1 Å². The molecule has 0 fully saturated rings. The third-order valence-electron chi connectivity index (χ3n) is 3.26. The highest BCUT2D eigenvalue weighted by Gasteiger charge is 2.08. The Balaban J connectivity index is 1.94. The van der Waals surface area contributed by atoms with Crippen molar-refractivity contribution in [2.24, 2.45) is 0 Å². The fourth-order valence-corrected chi connectivity index (χ4v) is 2.28. The monoisotopic (exact) mass is 259 g/mol. The predicted octanol–water partition coefficient (Wildman–Crippen LogP) is 1.74. The lowest BCUT2D eigenvalue weighted by Crippen LogP contribution is -2.34. The fourth-order valence-electron chi connectivity index (χ4n) is 2.28. The van der Waals surface area contributed by atoms with Crippen LogP contribution in [0.15, 0.2) is 24.3 Å². The summed E-state index contributed by atoms with van der Waals surface area (Å²) in [5.74, 6) is 0.0549. The summed E-state index contributed by atoms with van der Waals surface area (Å²) in [6.45, 7) is 5.95. The van der Waals surface area contributed by atoms with Crippen molar-refractivity contribution in [3.63, 3.8) is 0 Å². The lowest BCUT2D eigenvalue weighted by atomic mass is 10.1. The van der Waals surface area contributed by atoms with Crippen LogP contribution in [0.25, 0.3) is 10.9 Å². The number of aromatic nitrogens is 1. The third kappa shape index (κ3) is 3.35. The average Bonchev–Trinajstić information content (AvgIpc) is 2.73. The van der Waals surface area contributed by atoms with E-state index in [0.717, 1.165) is 18.5 Å². The number of likely N-dealkylation sites (N-methyl/N-ethyl adjacent to an activating group) is 1. The van der Waals surface area contributed by atoms with E-state index in [1.807, 2.05) is 19.1 Å². The Morgan fingerprint density at radius 2 is 2.11 bits per heavy atom. The molecule has 0 aliphatic carbocycles. The van der Waals surface area contributed by atoms with Crippen LogP contribution in [0.5, 0.6) is 0 Å². The van der Waals surface area contributed by atoms with E-state index in [0.29, 0.717) is 13.1 Å². The second-order valence-electron chi connectivity index (χ2n) is 4.65. The number of hydrogen-bond donors (Lipinski definition) is 3. The Bertz CT molecular complexity index is 560. The van der Waals surface area contributed by atoms with E-state index >= 15 is 0 Å². The molecule has 0 spiro atoms. The Morgan fingerprint density at radius 3 is 2.89 bits per heavy atom. The van der Waals surface area contributed by atoms with Gasteiger partial charge in [-0.25, -0.2) is 0 Å². The zero-order valence-electron chi connectivity index (χ0n) is 11.5. The van der Waals surface area contributed by atoms with Crippen molar-refractivity contribution in [1.29, 1.82) is 0 Å². The first-order valence-electron chi connectivity index (χ1n) is 6.76. The van der Waals surface area contributed by atoms with Crippen molar-refractivity contribution < 1.29 is 4.79 Å². The number of rotatable bonds is 6. The average molecular weight is 259 g/mol. The molecule has 19 heavy (non-hydrogen) atoms. The molecule has 2 aromatic rings. The molecule has 1 aromatic carbocycles. The Morgan fingerprint density at radius 1 is 1.32 bits per heavy atom. The molecule has 102 valence electrons. The number of amides is 1. The minimum Gasteiger partial charge on any atom is -0.358 e. The number of para-hydroxylation sites is 1. The Hall–Kier alpha value is -1.81. The molecular formula is C15H21N3O. The summed E-state index contributed by atoms with van der Waals surface area (Å²) in [5, 5.41) is 7.20. The van der Waals surface area contributed by atoms with E-state index < -0.39 is 0 Å². The van der Waals surface area contributed by atoms with Crippen molar-refractivity contribution in [2.45, 2.75) is 20.3 Å². The zero-order chi connectivity index (χ0) is 13.7. The molecule has 1 aromatic heterocycles. The van der Waals surface area contributed by atoms with Gasteiger partial charge in [-0.2, -0.15) is 0 Å². The van der Waals surface area contributed by atoms with Crippen LogP contribution in [0.4, 0.5) is 0 Å². The number of aryl methyl sites for hydroxylation is 1. The van der Waals surface area contributed by atoms with Crippen molar-refractivity contribution in [1.82, 2.24) is 15.6 Å². The van der Waals surface area contributed by atoms with Crippen molar-refractivity contribution >= 4 is 16.8 Å². The molecule has 0 aliphatic rings. The van der Waals surface area contributed by atoms with Gasteiger partial charge in [0, 0.05) is 23.1 Å². The number of carbonyl (C=O) groups is 1. The molecule has 1 amide bonds. The van der Waals surface area contributed by atoms with E-state index in [1.165, 1.54) is 16.6 Å². The fraction of sp³-hybridized carbons (Fsp3) is 0.400. The van der Waals surface area contributed by atoms with E-state index in [-0.39, 0.29) is 5.91 Å². The first-order valence-corrected chi connectivity index (χ1v) is 6.76. The van der Waals surface area contributed by atoms with Crippen molar-refractivity contribution in [3.8, 4) is 0 Å². The van der Waals surface area contributed by atoms with Crippen LogP contribution in [0.3, 0.4) is 0 Å². The molecule has 0 aliphatic heterocycles. The van der Waals surface area contributed by atoms with Crippen LogP contribution in [-0.2, 0) is 11.2 Å². The Kier molecular flexibility index (Phi) is 4.58. The summed E-state index contributed by atoms with van der Waals surface area (Å²) in [4.78, 5) is 14.9. The van der Waals surface area contributed by atoms with E-state index in [1.54, 1.807) is 0 Å². The lowest BCUT2D eigenvalue weighted by molar-refractivity contribution is -0.120. The topological polar surface area (TPSA) is 56.9 Å². The minimum atomic E-state index is 0.0549. The maximum atomic E-state index is 11.5. The number of benzene rings is 1. The summed E-state index contributed by atoms with van der Waals surface area (Å²) < 4.78 is 0. The smallest absolute Gasteiger partial charge is 0.233 e. The van der Waals surface area contributed by atoms with Crippen LogP contribution < -0.4 is 10.6 Å². The molecule has 2 rings (SSSR count). The summed E-state index contributed by atoms with van der Waals surface area (Å²) in [6, 6.07) is 8.27. The molecule has 0 radical (unpaired) electrons. The molecule has 0 atom stereocenters. The Labute approximate surface area is 113 Å². The van der Waals surface area contributed by atoms with Gasteiger partial charge in [0.15, 0.2) is 0 Å². The van der Waals surface area contributed by atoms with Crippen LogP contribution in [0.1, 0.15) is 18.2 Å². The van der Waals surface area contributed by atoms with Gasteiger partial charge in [-0.15, -0.1) is 0 Å². The molecular weight excluding hydrogens is 238 g/mol. The molecule has 4 nitrogen and oxygen atoms in total. The van der Waals surface area contributed by atoms with Crippen molar-refractivity contribution in [3.05, 3.63) is 35.5 Å². The second-order valence-corrected chi connectivity index (χ2v) is 4.65. The molecule has 4 heteroatoms. The van der Waals surface area contributed by atoms with Gasteiger partial charge in [-0.05, 0) is 31.5 Å². The number of nitrogens with one attached hydrogen (secondary N) is 3. The molecule has 3 N–H and O–H groups in total. The van der Waals surface area contributed by atoms with E-state index in [9.17, 15) is 4.79 Å². The lowest BCUT2D eigenvalue weighted by Gasteiger charge is -2.06. The molecule has 0 unspecified atom stereocenters. The highest BCUT2D eigenvalue weighted by Crippen LogP contribution is 2.21. The summed E-state index contributed by atoms with van der Waals surface area (Å²) in [7, 11) is 0. The summed E-state index contributed by atoms with van der Waals surface area (Å²) in [5.41, 5.74) is 3.63. The zero-order valence-corrected chi connectivity index (χ0v) is 11.5. The van der Waals surface area contributed by atoms with Crippen LogP contribution in [-0.4, -0.2) is 30.5 Å². The molecule has 0 bridgehead atoms. The van der Waals surface area contributed by atoms with Gasteiger partial charge in [0.2, 0.25) is 5.91 Å². The number of H-pyrrole nitrogens is 1. The van der Waals surface area contributed by atoms with Gasteiger partial charge in [0.25, 0.3) is 0 Å². The number of hydrogen-bond acceptors (Lipinski definition) is 2. The number of fused-ring (bicyclic) bond motifs is 1. The van der Waals surface area contributed by atoms with Gasteiger partial charge >= 0.3 is 0 Å². The third-order valence-corrected chi connectivity index (χ3v) is 3.26. The molecule has 0 saturated carbocycles. The van der Waals surface area contributed by atoms with Gasteiger partial charge in [0.1, 0.15) is 0 Å².